The maximum atomic E-state index is 12.2. The average molecular weight is 348 g/mol. The lowest BCUT2D eigenvalue weighted by Gasteiger charge is -2.06. The number of unbranched alkanes of at least 4 members (excludes halogenated alkanes) is 1. The summed E-state index contributed by atoms with van der Waals surface area (Å²) in [7, 11) is 1.33. The maximum absolute atomic E-state index is 12.2. The van der Waals surface area contributed by atoms with Gasteiger partial charge in [0.1, 0.15) is 5.75 Å². The molecule has 1 heterocycles. The summed E-state index contributed by atoms with van der Waals surface area (Å²) in [6, 6.07) is 6.96. The van der Waals surface area contributed by atoms with Gasteiger partial charge in [0.2, 0.25) is 0 Å². The van der Waals surface area contributed by atoms with E-state index in [0.717, 1.165) is 18.6 Å². The number of nitrogens with zero attached hydrogens (tertiary/aromatic N) is 1. The first-order chi connectivity index (χ1) is 11.6. The van der Waals surface area contributed by atoms with Gasteiger partial charge in [0.15, 0.2) is 5.13 Å². The molecular formula is C17H20N2O4S. The topological polar surface area (TPSA) is 77.5 Å². The Hall–Kier alpha value is -2.41. The maximum Gasteiger partial charge on any atom is 0.311 e. The number of carbonyl (C=O) groups excluding carboxylic acids is 2. The zero-order valence-corrected chi connectivity index (χ0v) is 14.5. The quantitative estimate of drug-likeness (QED) is 0.585. The summed E-state index contributed by atoms with van der Waals surface area (Å²) >= 11 is 1.27. The van der Waals surface area contributed by atoms with Crippen molar-refractivity contribution in [3.8, 4) is 5.75 Å². The fourth-order valence-electron chi connectivity index (χ4n) is 1.87. The molecule has 0 radical (unpaired) electrons. The van der Waals surface area contributed by atoms with Crippen LogP contribution in [0, 0.1) is 0 Å². The minimum atomic E-state index is -0.364. The van der Waals surface area contributed by atoms with Crippen LogP contribution in [0.25, 0.3) is 0 Å². The second-order valence-electron chi connectivity index (χ2n) is 5.08. The number of amides is 1. The predicted molar refractivity (Wildman–Crippen MR) is 92.6 cm³/mol. The highest BCUT2D eigenvalue weighted by atomic mass is 32.1. The Bertz CT molecular complexity index is 682. The Morgan fingerprint density at radius 2 is 2.00 bits per heavy atom. The number of esters is 1. The lowest BCUT2D eigenvalue weighted by atomic mass is 10.2. The molecule has 7 heteroatoms. The van der Waals surface area contributed by atoms with Gasteiger partial charge in [-0.1, -0.05) is 13.3 Å². The van der Waals surface area contributed by atoms with Crippen molar-refractivity contribution in [2.24, 2.45) is 0 Å². The van der Waals surface area contributed by atoms with Gasteiger partial charge in [-0.2, -0.15) is 0 Å². The van der Waals surface area contributed by atoms with Crippen LogP contribution >= 0.6 is 11.3 Å². The highest BCUT2D eigenvalue weighted by Crippen LogP contribution is 2.18. The molecule has 0 spiro atoms. The first kappa shape index (κ1) is 17.9. The minimum Gasteiger partial charge on any atom is -0.494 e. The molecule has 0 saturated heterocycles. The van der Waals surface area contributed by atoms with Crippen LogP contribution in [0.1, 0.15) is 35.8 Å². The molecule has 0 atom stereocenters. The summed E-state index contributed by atoms with van der Waals surface area (Å²) in [5, 5.41) is 4.88. The van der Waals surface area contributed by atoms with Gasteiger partial charge in [-0.25, -0.2) is 4.98 Å². The molecule has 0 saturated carbocycles. The number of carbonyl (C=O) groups is 2. The highest BCUT2D eigenvalue weighted by Gasteiger charge is 2.11. The molecule has 1 amide bonds. The van der Waals surface area contributed by atoms with E-state index in [1.165, 1.54) is 18.4 Å². The average Bonchev–Trinajstić information content (AvgIpc) is 3.02. The molecule has 1 aromatic heterocycles. The number of methoxy groups -OCH3 is 1. The van der Waals surface area contributed by atoms with Crippen molar-refractivity contribution in [2.75, 3.05) is 19.0 Å². The second-order valence-corrected chi connectivity index (χ2v) is 5.94. The van der Waals surface area contributed by atoms with E-state index in [4.69, 9.17) is 4.74 Å². The molecule has 0 aliphatic rings. The molecule has 2 aromatic rings. The van der Waals surface area contributed by atoms with Gasteiger partial charge in [-0.05, 0) is 30.7 Å². The summed E-state index contributed by atoms with van der Waals surface area (Å²) in [6.45, 7) is 2.77. The number of thiazole rings is 1. The Labute approximate surface area is 144 Å². The van der Waals surface area contributed by atoms with E-state index in [9.17, 15) is 9.59 Å². The molecule has 0 aliphatic carbocycles. The third-order valence-electron chi connectivity index (χ3n) is 3.21. The van der Waals surface area contributed by atoms with Crippen LogP contribution < -0.4 is 10.1 Å². The molecule has 0 bridgehead atoms. The third-order valence-corrected chi connectivity index (χ3v) is 4.01. The summed E-state index contributed by atoms with van der Waals surface area (Å²) in [5.41, 5.74) is 1.09. The zero-order chi connectivity index (χ0) is 17.4. The summed E-state index contributed by atoms with van der Waals surface area (Å²) in [4.78, 5) is 27.6. The van der Waals surface area contributed by atoms with E-state index in [1.807, 2.05) is 0 Å². The molecule has 1 aromatic carbocycles. The van der Waals surface area contributed by atoms with Gasteiger partial charge < -0.3 is 9.47 Å². The van der Waals surface area contributed by atoms with Gasteiger partial charge in [0, 0.05) is 10.9 Å². The van der Waals surface area contributed by atoms with Crippen LogP contribution in [-0.4, -0.2) is 30.6 Å². The van der Waals surface area contributed by atoms with Crippen molar-refractivity contribution in [3.63, 3.8) is 0 Å². The molecule has 1 N–H and O–H groups in total. The molecule has 24 heavy (non-hydrogen) atoms. The van der Waals surface area contributed by atoms with Gasteiger partial charge in [-0.15, -0.1) is 11.3 Å². The van der Waals surface area contributed by atoms with Crippen LogP contribution in [-0.2, 0) is 16.0 Å². The normalized spacial score (nSPS) is 10.2. The Balaban J connectivity index is 1.91. The van der Waals surface area contributed by atoms with Crippen LogP contribution in [0.2, 0.25) is 0 Å². The zero-order valence-electron chi connectivity index (χ0n) is 13.7. The van der Waals surface area contributed by atoms with Crippen molar-refractivity contribution in [3.05, 3.63) is 40.9 Å². The van der Waals surface area contributed by atoms with Crippen molar-refractivity contribution < 1.29 is 19.1 Å². The molecule has 0 fully saturated rings. The molecule has 128 valence electrons. The summed E-state index contributed by atoms with van der Waals surface area (Å²) in [5.74, 6) is 0.125. The van der Waals surface area contributed by atoms with E-state index >= 15 is 0 Å². The van der Waals surface area contributed by atoms with Crippen molar-refractivity contribution in [1.82, 2.24) is 4.98 Å². The number of benzene rings is 1. The standard InChI is InChI=1S/C17H20N2O4S/c1-3-4-9-23-14-7-5-12(6-8-14)16(21)19-17-18-13(11-24-17)10-15(20)22-2/h5-8,11H,3-4,9-10H2,1-2H3,(H,18,19,21). The third kappa shape index (κ3) is 5.34. The fourth-order valence-corrected chi connectivity index (χ4v) is 2.58. The van der Waals surface area contributed by atoms with Crippen LogP contribution in [0.4, 0.5) is 5.13 Å². The van der Waals surface area contributed by atoms with E-state index in [1.54, 1.807) is 29.6 Å². The predicted octanol–water partition coefficient (Wildman–Crippen LogP) is 3.29. The number of rotatable bonds is 8. The minimum absolute atomic E-state index is 0.0899. The van der Waals surface area contributed by atoms with Gasteiger partial charge in [-0.3, -0.25) is 14.9 Å². The molecular weight excluding hydrogens is 328 g/mol. The van der Waals surface area contributed by atoms with E-state index in [0.29, 0.717) is 23.0 Å². The van der Waals surface area contributed by atoms with Crippen LogP contribution in [0.5, 0.6) is 5.75 Å². The lowest BCUT2D eigenvalue weighted by Crippen LogP contribution is -2.12. The monoisotopic (exact) mass is 348 g/mol. The number of hydrogen-bond donors (Lipinski definition) is 1. The number of anilines is 1. The van der Waals surface area contributed by atoms with E-state index in [2.05, 4.69) is 22.0 Å². The molecule has 0 unspecified atom stereocenters. The van der Waals surface area contributed by atoms with Gasteiger partial charge in [0.05, 0.1) is 25.8 Å². The Morgan fingerprint density at radius 1 is 1.25 bits per heavy atom. The second kappa shape index (κ2) is 9.02. The van der Waals surface area contributed by atoms with E-state index < -0.39 is 0 Å². The molecule has 6 nitrogen and oxygen atoms in total. The summed E-state index contributed by atoms with van der Waals surface area (Å²) in [6.07, 6.45) is 2.17. The van der Waals surface area contributed by atoms with Gasteiger partial charge >= 0.3 is 5.97 Å². The largest absolute Gasteiger partial charge is 0.494 e. The SMILES string of the molecule is CCCCOc1ccc(C(=O)Nc2nc(CC(=O)OC)cs2)cc1. The van der Waals surface area contributed by atoms with Gasteiger partial charge in [0.25, 0.3) is 5.91 Å². The summed E-state index contributed by atoms with van der Waals surface area (Å²) < 4.78 is 10.2. The van der Waals surface area contributed by atoms with E-state index in [-0.39, 0.29) is 18.3 Å². The Morgan fingerprint density at radius 3 is 2.67 bits per heavy atom. The number of ether oxygens (including phenoxy) is 2. The first-order valence-electron chi connectivity index (χ1n) is 7.67. The number of nitrogens with one attached hydrogen (secondary N) is 1. The molecule has 2 rings (SSSR count). The number of aromatic nitrogens is 1. The van der Waals surface area contributed by atoms with Crippen molar-refractivity contribution >= 4 is 28.3 Å². The van der Waals surface area contributed by atoms with Crippen molar-refractivity contribution in [2.45, 2.75) is 26.2 Å². The highest BCUT2D eigenvalue weighted by molar-refractivity contribution is 7.14. The van der Waals surface area contributed by atoms with Crippen LogP contribution in [0.3, 0.4) is 0 Å². The van der Waals surface area contributed by atoms with Crippen LogP contribution in [0.15, 0.2) is 29.6 Å². The smallest absolute Gasteiger partial charge is 0.311 e. The molecule has 0 aliphatic heterocycles. The fraction of sp³-hybridized carbons (Fsp3) is 0.353. The van der Waals surface area contributed by atoms with Crippen molar-refractivity contribution in [1.29, 1.82) is 0 Å². The lowest BCUT2D eigenvalue weighted by molar-refractivity contribution is -0.139. The number of hydrogen-bond acceptors (Lipinski definition) is 6. The first-order valence-corrected chi connectivity index (χ1v) is 8.55. The Kier molecular flexibility index (Phi) is 6.74.